The van der Waals surface area contributed by atoms with Crippen molar-refractivity contribution in [2.75, 3.05) is 7.11 Å². The Kier molecular flexibility index (Phi) is 3.20. The molecule has 1 rings (SSSR count). The quantitative estimate of drug-likeness (QED) is 0.377. The number of nitrogens with two attached hydrogens (primary N) is 2. The predicted octanol–water partition coefficient (Wildman–Crippen LogP) is -2.27. The minimum atomic E-state index is -1.57. The van der Waals surface area contributed by atoms with Gasteiger partial charge in [0.25, 0.3) is 0 Å². The highest BCUT2D eigenvalue weighted by molar-refractivity contribution is 5.03. The molecule has 6 N–H and O–H groups in total. The minimum Gasteiger partial charge on any atom is -0.389 e. The third-order valence-electron chi connectivity index (χ3n) is 2.47. The van der Waals surface area contributed by atoms with E-state index in [-0.39, 0.29) is 0 Å². The summed E-state index contributed by atoms with van der Waals surface area (Å²) >= 11 is 0. The van der Waals surface area contributed by atoms with Crippen LogP contribution in [0.3, 0.4) is 0 Å². The Bertz CT molecular complexity index is 167. The van der Waals surface area contributed by atoms with Gasteiger partial charge in [0.05, 0.1) is 12.1 Å². The van der Waals surface area contributed by atoms with Crippen molar-refractivity contribution in [3.05, 3.63) is 0 Å². The summed E-state index contributed by atoms with van der Waals surface area (Å²) < 4.78 is 18.0. The van der Waals surface area contributed by atoms with Gasteiger partial charge in [0.1, 0.15) is 24.5 Å². The van der Waals surface area contributed by atoms with Crippen LogP contribution in [0.15, 0.2) is 0 Å². The van der Waals surface area contributed by atoms with Gasteiger partial charge >= 0.3 is 0 Å². The van der Waals surface area contributed by atoms with Crippen LogP contribution in [-0.4, -0.2) is 53.9 Å². The minimum absolute atomic E-state index is 0.912. The summed E-state index contributed by atoms with van der Waals surface area (Å²) in [7, 11) is 1.30. The second-order valence-corrected chi connectivity index (χ2v) is 3.28. The lowest BCUT2D eigenvalue weighted by Crippen LogP contribution is -2.68. The number of rotatable bonds is 1. The summed E-state index contributed by atoms with van der Waals surface area (Å²) in [6.07, 6.45) is -5.05. The van der Waals surface area contributed by atoms with Gasteiger partial charge in [-0.15, -0.1) is 0 Å². The second-order valence-electron chi connectivity index (χ2n) is 3.28. The number of ether oxygens (including phenoxy) is 1. The summed E-state index contributed by atoms with van der Waals surface area (Å²) in [5.74, 6) is 0. The Morgan fingerprint density at radius 3 is 2.15 bits per heavy atom. The Morgan fingerprint density at radius 2 is 1.69 bits per heavy atom. The molecule has 0 aromatic heterocycles. The molecule has 5 nitrogen and oxygen atoms in total. The first kappa shape index (κ1) is 10.8. The largest absolute Gasteiger partial charge is 0.389 e. The van der Waals surface area contributed by atoms with Gasteiger partial charge < -0.3 is 26.4 Å². The number of hydrogen-bond donors (Lipinski definition) is 4. The van der Waals surface area contributed by atoms with E-state index >= 15 is 0 Å². The van der Waals surface area contributed by atoms with E-state index in [1.54, 1.807) is 0 Å². The molecule has 0 unspecified atom stereocenters. The molecule has 0 saturated heterocycles. The Balaban J connectivity index is 2.79. The van der Waals surface area contributed by atoms with Crippen LogP contribution in [0, 0.1) is 0 Å². The van der Waals surface area contributed by atoms with Gasteiger partial charge in [0.2, 0.25) is 0 Å². The van der Waals surface area contributed by atoms with Crippen molar-refractivity contribution in [2.24, 2.45) is 11.5 Å². The molecule has 0 aromatic carbocycles. The third-order valence-corrected chi connectivity index (χ3v) is 2.47. The van der Waals surface area contributed by atoms with Crippen LogP contribution in [0.25, 0.3) is 0 Å². The molecule has 1 fully saturated rings. The van der Waals surface area contributed by atoms with E-state index in [0.717, 1.165) is 0 Å². The number of hydrogen-bond acceptors (Lipinski definition) is 5. The van der Waals surface area contributed by atoms with E-state index in [1.807, 2.05) is 0 Å². The molecule has 0 aliphatic heterocycles. The average molecular weight is 194 g/mol. The second kappa shape index (κ2) is 3.85. The lowest BCUT2D eigenvalue weighted by Gasteiger charge is -2.41. The van der Waals surface area contributed by atoms with E-state index in [9.17, 15) is 14.6 Å². The zero-order valence-corrected chi connectivity index (χ0v) is 7.30. The van der Waals surface area contributed by atoms with Gasteiger partial charge in [0.15, 0.2) is 0 Å². The lowest BCUT2D eigenvalue weighted by molar-refractivity contribution is -0.135. The topological polar surface area (TPSA) is 102 Å². The van der Waals surface area contributed by atoms with Crippen LogP contribution >= 0.6 is 0 Å². The number of alkyl halides is 1. The fourth-order valence-corrected chi connectivity index (χ4v) is 1.57. The number of methoxy groups -OCH3 is 1. The van der Waals surface area contributed by atoms with E-state index in [2.05, 4.69) is 0 Å². The molecule has 1 aliphatic rings. The molecular weight excluding hydrogens is 179 g/mol. The molecule has 0 radical (unpaired) electrons. The summed E-state index contributed by atoms with van der Waals surface area (Å²) in [5.41, 5.74) is 10.7. The maximum Gasteiger partial charge on any atom is 0.135 e. The Hall–Kier alpha value is -0.270. The van der Waals surface area contributed by atoms with Crippen LogP contribution in [-0.2, 0) is 4.74 Å². The third kappa shape index (κ3) is 1.68. The summed E-state index contributed by atoms with van der Waals surface area (Å²) in [5, 5.41) is 18.7. The molecular formula is C7H15FN2O3. The molecule has 13 heavy (non-hydrogen) atoms. The van der Waals surface area contributed by atoms with Gasteiger partial charge in [-0.3, -0.25) is 0 Å². The van der Waals surface area contributed by atoms with Crippen molar-refractivity contribution < 1.29 is 19.3 Å². The molecule has 6 heteroatoms. The van der Waals surface area contributed by atoms with Crippen LogP contribution < -0.4 is 11.5 Å². The van der Waals surface area contributed by atoms with E-state index < -0.39 is 36.6 Å². The number of aliphatic hydroxyl groups is 2. The molecule has 0 amide bonds. The van der Waals surface area contributed by atoms with Crippen molar-refractivity contribution in [1.82, 2.24) is 0 Å². The fourth-order valence-electron chi connectivity index (χ4n) is 1.57. The molecule has 1 saturated carbocycles. The van der Waals surface area contributed by atoms with Gasteiger partial charge in [-0.1, -0.05) is 0 Å². The molecule has 6 atom stereocenters. The maximum absolute atomic E-state index is 13.2. The number of aliphatic hydroxyl groups excluding tert-OH is 2. The molecule has 0 spiro atoms. The Labute approximate surface area is 75.5 Å². The molecule has 0 aromatic rings. The smallest absolute Gasteiger partial charge is 0.135 e. The first-order chi connectivity index (χ1) is 6.00. The lowest BCUT2D eigenvalue weighted by atomic mass is 9.83. The highest BCUT2D eigenvalue weighted by Gasteiger charge is 2.47. The van der Waals surface area contributed by atoms with Crippen LogP contribution in [0.2, 0.25) is 0 Å². The predicted molar refractivity (Wildman–Crippen MR) is 43.7 cm³/mol. The zero-order chi connectivity index (χ0) is 10.2. The molecule has 78 valence electrons. The van der Waals surface area contributed by atoms with E-state index in [4.69, 9.17) is 16.2 Å². The average Bonchev–Trinajstić information content (AvgIpc) is 2.13. The monoisotopic (exact) mass is 194 g/mol. The zero-order valence-electron chi connectivity index (χ0n) is 7.30. The summed E-state index contributed by atoms with van der Waals surface area (Å²) in [6, 6.07) is -2.16. The van der Waals surface area contributed by atoms with Crippen LogP contribution in [0.4, 0.5) is 4.39 Å². The van der Waals surface area contributed by atoms with Crippen LogP contribution in [0.5, 0.6) is 0 Å². The number of halogens is 1. The van der Waals surface area contributed by atoms with Gasteiger partial charge in [-0.05, 0) is 0 Å². The highest BCUT2D eigenvalue weighted by atomic mass is 19.1. The molecule has 0 heterocycles. The SMILES string of the molecule is CO[C@@H]1[C@@H](N)[C@H](F)[C@@H](N)[C@H](O)[C@H]1O. The van der Waals surface area contributed by atoms with Crippen molar-refractivity contribution in [3.63, 3.8) is 0 Å². The fraction of sp³-hybridized carbons (Fsp3) is 1.00. The molecule has 0 bridgehead atoms. The van der Waals surface area contributed by atoms with E-state index in [1.165, 1.54) is 7.11 Å². The van der Waals surface area contributed by atoms with Gasteiger partial charge in [-0.2, -0.15) is 0 Å². The first-order valence-electron chi connectivity index (χ1n) is 4.05. The maximum atomic E-state index is 13.2. The summed E-state index contributed by atoms with van der Waals surface area (Å²) in [4.78, 5) is 0. The normalized spacial score (nSPS) is 52.2. The van der Waals surface area contributed by atoms with Crippen molar-refractivity contribution in [2.45, 2.75) is 36.6 Å². The summed E-state index contributed by atoms with van der Waals surface area (Å²) in [6.45, 7) is 0. The van der Waals surface area contributed by atoms with Crippen molar-refractivity contribution in [3.8, 4) is 0 Å². The van der Waals surface area contributed by atoms with E-state index in [0.29, 0.717) is 0 Å². The highest BCUT2D eigenvalue weighted by Crippen LogP contribution is 2.22. The molecule has 1 aliphatic carbocycles. The van der Waals surface area contributed by atoms with Gasteiger partial charge in [-0.25, -0.2) is 4.39 Å². The van der Waals surface area contributed by atoms with Crippen LogP contribution in [0.1, 0.15) is 0 Å². The van der Waals surface area contributed by atoms with Crippen molar-refractivity contribution >= 4 is 0 Å². The first-order valence-corrected chi connectivity index (χ1v) is 4.05. The van der Waals surface area contributed by atoms with Gasteiger partial charge in [0, 0.05) is 7.11 Å². The van der Waals surface area contributed by atoms with Crippen molar-refractivity contribution in [1.29, 1.82) is 0 Å². The Morgan fingerprint density at radius 1 is 1.15 bits per heavy atom. The standard InChI is InChI=1S/C7H15FN2O3/c1-13-7-4(10)2(8)3(9)5(11)6(7)12/h2-7,11-12H,9-10H2,1H3/t2-,3-,4+,5+,6-,7-/m1/s1.